The van der Waals surface area contributed by atoms with Crippen molar-refractivity contribution in [3.63, 3.8) is 0 Å². The van der Waals surface area contributed by atoms with Gasteiger partial charge in [-0.1, -0.05) is 18.2 Å². The summed E-state index contributed by atoms with van der Waals surface area (Å²) in [5.74, 6) is -0.455. The molecule has 0 saturated heterocycles. The Morgan fingerprint density at radius 3 is 2.81 bits per heavy atom. The van der Waals surface area contributed by atoms with E-state index in [9.17, 15) is 9.35 Å². The minimum absolute atomic E-state index is 0.279. The van der Waals surface area contributed by atoms with E-state index in [2.05, 4.69) is 0 Å². The molecular weight excluding hydrogens is 286 g/mol. The first-order valence-corrected chi connectivity index (χ1v) is 7.86. The van der Waals surface area contributed by atoms with E-state index in [0.717, 1.165) is 10.5 Å². The Hall–Kier alpha value is -1.98. The molecule has 0 radical (unpaired) electrons. The van der Waals surface area contributed by atoms with Crippen LogP contribution in [0.1, 0.15) is 28.4 Å². The lowest BCUT2D eigenvalue weighted by Crippen LogP contribution is -2.20. The number of nitrogen functional groups attached to an aromatic ring is 1. The van der Waals surface area contributed by atoms with Crippen LogP contribution in [0.3, 0.4) is 0 Å². The summed E-state index contributed by atoms with van der Waals surface area (Å²) in [6.45, 7) is 2.03. The first-order chi connectivity index (χ1) is 10.1. The van der Waals surface area contributed by atoms with Crippen LogP contribution in [0.4, 0.5) is 5.69 Å². The molecule has 2 aromatic carbocycles. The zero-order chi connectivity index (χ0) is 15.0. The van der Waals surface area contributed by atoms with E-state index in [4.69, 9.17) is 10.5 Å². The second-order valence-electron chi connectivity index (χ2n) is 4.78. The summed E-state index contributed by atoms with van der Waals surface area (Å²) in [7, 11) is 0. The van der Waals surface area contributed by atoms with Crippen molar-refractivity contribution in [1.82, 2.24) is 0 Å². The van der Waals surface area contributed by atoms with Crippen LogP contribution in [0, 0.1) is 0 Å². The van der Waals surface area contributed by atoms with Gasteiger partial charge in [-0.25, -0.2) is 4.79 Å². The fourth-order valence-corrected chi connectivity index (χ4v) is 3.99. The molecule has 2 N–H and O–H groups in total. The molecule has 0 fully saturated rings. The minimum atomic E-state index is -1.29. The summed E-state index contributed by atoms with van der Waals surface area (Å²) in [5.41, 5.74) is 8.32. The van der Waals surface area contributed by atoms with Gasteiger partial charge in [-0.05, 0) is 25.1 Å². The largest absolute Gasteiger partial charge is 0.606 e. The number of carbonyl (C=O) groups excluding carboxylic acids is 1. The fraction of sp³-hybridized carbons (Fsp3) is 0.188. The Morgan fingerprint density at radius 1 is 1.29 bits per heavy atom. The molecule has 1 unspecified atom stereocenters. The van der Waals surface area contributed by atoms with Gasteiger partial charge in [0.15, 0.2) is 9.79 Å². The molecule has 1 aliphatic heterocycles. The Bertz CT molecular complexity index is 715. The number of benzene rings is 2. The Labute approximate surface area is 126 Å². The quantitative estimate of drug-likeness (QED) is 0.525. The number of hydrogen-bond donors (Lipinski definition) is 1. The van der Waals surface area contributed by atoms with Gasteiger partial charge in [0.25, 0.3) is 0 Å². The molecule has 0 bridgehead atoms. The van der Waals surface area contributed by atoms with Crippen LogP contribution in [-0.4, -0.2) is 17.1 Å². The van der Waals surface area contributed by atoms with Gasteiger partial charge in [-0.3, -0.25) is 0 Å². The molecule has 0 aliphatic carbocycles. The SMILES string of the molecule is CCOC(=O)c1c(N)ccc2c1Cc1ccccc1[S+]2[O-]. The molecule has 0 amide bonds. The summed E-state index contributed by atoms with van der Waals surface area (Å²) in [5, 5.41) is 0. The van der Waals surface area contributed by atoms with Crippen molar-refractivity contribution >= 4 is 22.8 Å². The molecule has 3 rings (SSSR count). The molecule has 1 atom stereocenters. The van der Waals surface area contributed by atoms with Gasteiger partial charge in [-0.2, -0.15) is 0 Å². The standard InChI is InChI=1S/C16H15NO3S/c1-2-20-16(18)15-11-9-10-5-3-4-6-13(10)21(19)14(11)8-7-12(15)17/h3-8H,2,9,17H2,1H3. The van der Waals surface area contributed by atoms with Gasteiger partial charge < -0.3 is 15.0 Å². The van der Waals surface area contributed by atoms with Crippen LogP contribution in [0.2, 0.25) is 0 Å². The Morgan fingerprint density at radius 2 is 2.05 bits per heavy atom. The Kier molecular flexibility index (Phi) is 3.61. The normalized spacial score (nSPS) is 16.0. The van der Waals surface area contributed by atoms with E-state index in [-0.39, 0.29) is 6.61 Å². The molecule has 21 heavy (non-hydrogen) atoms. The van der Waals surface area contributed by atoms with Crippen molar-refractivity contribution in [2.24, 2.45) is 0 Å². The monoisotopic (exact) mass is 301 g/mol. The van der Waals surface area contributed by atoms with E-state index in [1.54, 1.807) is 19.1 Å². The molecule has 0 spiro atoms. The number of ether oxygens (including phenoxy) is 1. The van der Waals surface area contributed by atoms with E-state index in [0.29, 0.717) is 28.1 Å². The molecule has 1 heterocycles. The topological polar surface area (TPSA) is 75.4 Å². The van der Waals surface area contributed by atoms with Crippen LogP contribution in [0.15, 0.2) is 46.2 Å². The summed E-state index contributed by atoms with van der Waals surface area (Å²) < 4.78 is 17.8. The van der Waals surface area contributed by atoms with Gasteiger partial charge >= 0.3 is 5.97 Å². The number of esters is 1. The number of fused-ring (bicyclic) bond motifs is 2. The predicted octanol–water partition coefficient (Wildman–Crippen LogP) is 2.52. The van der Waals surface area contributed by atoms with Crippen molar-refractivity contribution in [2.75, 3.05) is 12.3 Å². The first kappa shape index (κ1) is 14.0. The lowest BCUT2D eigenvalue weighted by molar-refractivity contribution is 0.0526. The Balaban J connectivity index is 2.16. The van der Waals surface area contributed by atoms with Gasteiger partial charge in [0, 0.05) is 34.4 Å². The number of nitrogens with two attached hydrogens (primary N) is 1. The lowest BCUT2D eigenvalue weighted by atomic mass is 9.97. The van der Waals surface area contributed by atoms with Crippen molar-refractivity contribution in [3.8, 4) is 0 Å². The van der Waals surface area contributed by atoms with Gasteiger partial charge in [0.05, 0.1) is 12.2 Å². The third kappa shape index (κ3) is 2.28. The highest BCUT2D eigenvalue weighted by Gasteiger charge is 2.32. The van der Waals surface area contributed by atoms with E-state index < -0.39 is 17.1 Å². The molecule has 2 aromatic rings. The molecule has 4 nitrogen and oxygen atoms in total. The molecular formula is C16H15NO3S. The summed E-state index contributed by atoms with van der Waals surface area (Å²) in [4.78, 5) is 13.6. The maximum atomic E-state index is 12.7. The van der Waals surface area contributed by atoms with E-state index in [1.807, 2.05) is 24.3 Å². The van der Waals surface area contributed by atoms with Crippen molar-refractivity contribution < 1.29 is 14.1 Å². The van der Waals surface area contributed by atoms with Crippen LogP contribution >= 0.6 is 0 Å². The average molecular weight is 301 g/mol. The minimum Gasteiger partial charge on any atom is -0.606 e. The number of rotatable bonds is 2. The second-order valence-corrected chi connectivity index (χ2v) is 6.20. The number of carbonyl (C=O) groups is 1. The summed E-state index contributed by atoms with van der Waals surface area (Å²) in [6, 6.07) is 10.9. The van der Waals surface area contributed by atoms with Crippen LogP contribution in [-0.2, 0) is 22.3 Å². The zero-order valence-electron chi connectivity index (χ0n) is 11.6. The highest BCUT2D eigenvalue weighted by molar-refractivity contribution is 7.91. The van der Waals surface area contributed by atoms with Crippen molar-refractivity contribution in [2.45, 2.75) is 23.1 Å². The third-order valence-corrected chi connectivity index (χ3v) is 5.10. The number of hydrogen-bond acceptors (Lipinski definition) is 4. The van der Waals surface area contributed by atoms with Gasteiger partial charge in [-0.15, -0.1) is 0 Å². The average Bonchev–Trinajstić information content (AvgIpc) is 2.47. The smallest absolute Gasteiger partial charge is 0.340 e. The lowest BCUT2D eigenvalue weighted by Gasteiger charge is -2.23. The van der Waals surface area contributed by atoms with Gasteiger partial charge in [0.2, 0.25) is 0 Å². The second kappa shape index (κ2) is 5.42. The van der Waals surface area contributed by atoms with E-state index >= 15 is 0 Å². The highest BCUT2D eigenvalue weighted by Crippen LogP contribution is 2.37. The zero-order valence-corrected chi connectivity index (χ0v) is 12.4. The fourth-order valence-electron chi connectivity index (χ4n) is 2.58. The molecule has 5 heteroatoms. The summed E-state index contributed by atoms with van der Waals surface area (Å²) in [6.07, 6.45) is 0.538. The molecule has 1 aliphatic rings. The molecule has 108 valence electrons. The maximum Gasteiger partial charge on any atom is 0.340 e. The summed E-state index contributed by atoms with van der Waals surface area (Å²) >= 11 is -1.29. The highest BCUT2D eigenvalue weighted by atomic mass is 32.2. The van der Waals surface area contributed by atoms with Crippen LogP contribution < -0.4 is 5.73 Å². The molecule has 0 aromatic heterocycles. The first-order valence-electron chi connectivity index (χ1n) is 6.71. The van der Waals surface area contributed by atoms with Gasteiger partial charge in [0.1, 0.15) is 0 Å². The van der Waals surface area contributed by atoms with Crippen molar-refractivity contribution in [3.05, 3.63) is 53.1 Å². The van der Waals surface area contributed by atoms with Crippen molar-refractivity contribution in [1.29, 1.82) is 0 Å². The number of anilines is 1. The predicted molar refractivity (Wildman–Crippen MR) is 80.7 cm³/mol. The van der Waals surface area contributed by atoms with E-state index in [1.165, 1.54) is 0 Å². The van der Waals surface area contributed by atoms with Crippen LogP contribution in [0.25, 0.3) is 0 Å². The maximum absolute atomic E-state index is 12.7. The third-order valence-electron chi connectivity index (χ3n) is 3.52. The van der Waals surface area contributed by atoms with Crippen LogP contribution in [0.5, 0.6) is 0 Å². The molecule has 0 saturated carbocycles.